The summed E-state index contributed by atoms with van der Waals surface area (Å²) in [5.41, 5.74) is 0. The molecule has 0 aliphatic carbocycles. The molecule has 0 aromatic heterocycles. The molecule has 1 atom stereocenters. The number of nitrogens with zero attached hydrogens (tertiary/aromatic N) is 1. The highest BCUT2D eigenvalue weighted by molar-refractivity contribution is 5.79. The normalized spacial score (nSPS) is 24.8. The second-order valence-corrected chi connectivity index (χ2v) is 3.24. The van der Waals surface area contributed by atoms with Crippen molar-refractivity contribution in [2.75, 3.05) is 0 Å². The predicted octanol–water partition coefficient (Wildman–Crippen LogP) is 1.57. The van der Waals surface area contributed by atoms with E-state index in [2.05, 4.69) is 6.58 Å². The summed E-state index contributed by atoms with van der Waals surface area (Å²) in [7, 11) is 0. The molecule has 0 unspecified atom stereocenters. The molecule has 0 aromatic carbocycles. The van der Waals surface area contributed by atoms with Gasteiger partial charge in [-0.15, -0.1) is 6.58 Å². The third-order valence-electron chi connectivity index (χ3n) is 2.13. The van der Waals surface area contributed by atoms with Crippen LogP contribution in [-0.4, -0.2) is 22.9 Å². The number of carbonyl (C=O) groups is 1. The van der Waals surface area contributed by atoms with Crippen molar-refractivity contribution in [3.05, 3.63) is 12.7 Å². The van der Waals surface area contributed by atoms with E-state index in [1.165, 1.54) is 0 Å². The molecule has 1 saturated heterocycles. The fourth-order valence-corrected chi connectivity index (χ4v) is 1.63. The first-order chi connectivity index (χ1) is 5.16. The molecule has 1 amide bonds. The first kappa shape index (κ1) is 8.31. The van der Waals surface area contributed by atoms with Crippen molar-refractivity contribution in [3.8, 4) is 0 Å². The molecular weight excluding hydrogens is 138 g/mol. The van der Waals surface area contributed by atoms with Crippen molar-refractivity contribution < 1.29 is 4.79 Å². The third-order valence-corrected chi connectivity index (χ3v) is 2.13. The van der Waals surface area contributed by atoms with Crippen molar-refractivity contribution in [2.24, 2.45) is 0 Å². The van der Waals surface area contributed by atoms with Crippen LogP contribution < -0.4 is 0 Å². The Morgan fingerprint density at radius 2 is 2.36 bits per heavy atom. The molecular formula is C9H15NO. The minimum absolute atomic E-state index is 0.268. The van der Waals surface area contributed by atoms with Gasteiger partial charge in [0, 0.05) is 12.5 Å². The van der Waals surface area contributed by atoms with Crippen molar-refractivity contribution >= 4 is 5.91 Å². The zero-order valence-corrected chi connectivity index (χ0v) is 7.21. The average molecular weight is 153 g/mol. The molecule has 1 heterocycles. The number of hydrogen-bond donors (Lipinski definition) is 0. The third kappa shape index (κ3) is 1.44. The molecule has 0 spiro atoms. The van der Waals surface area contributed by atoms with Crippen molar-refractivity contribution in [1.82, 2.24) is 4.90 Å². The topological polar surface area (TPSA) is 20.3 Å². The van der Waals surface area contributed by atoms with Crippen molar-refractivity contribution in [1.29, 1.82) is 0 Å². The molecule has 0 radical (unpaired) electrons. The van der Waals surface area contributed by atoms with E-state index in [0.717, 1.165) is 6.42 Å². The van der Waals surface area contributed by atoms with Crippen molar-refractivity contribution in [3.63, 3.8) is 0 Å². The van der Waals surface area contributed by atoms with Gasteiger partial charge in [-0.1, -0.05) is 6.08 Å². The van der Waals surface area contributed by atoms with Crippen LogP contribution >= 0.6 is 0 Å². The zero-order chi connectivity index (χ0) is 8.43. The van der Waals surface area contributed by atoms with Gasteiger partial charge >= 0.3 is 0 Å². The van der Waals surface area contributed by atoms with E-state index in [1.54, 1.807) is 0 Å². The summed E-state index contributed by atoms with van der Waals surface area (Å²) in [5.74, 6) is 0.268. The summed E-state index contributed by atoms with van der Waals surface area (Å²) < 4.78 is 0. The van der Waals surface area contributed by atoms with Crippen LogP contribution in [0, 0.1) is 0 Å². The van der Waals surface area contributed by atoms with Crippen LogP contribution in [0.5, 0.6) is 0 Å². The lowest BCUT2D eigenvalue weighted by molar-refractivity contribution is -0.129. The second-order valence-electron chi connectivity index (χ2n) is 3.24. The smallest absolute Gasteiger partial charge is 0.223 e. The van der Waals surface area contributed by atoms with E-state index in [0.29, 0.717) is 12.5 Å². The molecule has 1 aliphatic heterocycles. The SMILES string of the molecule is C=C[C@@H]1CCC(=O)N1C(C)C. The molecule has 0 saturated carbocycles. The first-order valence-corrected chi connectivity index (χ1v) is 4.10. The van der Waals surface area contributed by atoms with Gasteiger partial charge in [-0.3, -0.25) is 4.79 Å². The molecule has 11 heavy (non-hydrogen) atoms. The highest BCUT2D eigenvalue weighted by Crippen LogP contribution is 2.21. The van der Waals surface area contributed by atoms with Gasteiger partial charge in [0.1, 0.15) is 0 Å². The Balaban J connectivity index is 2.71. The van der Waals surface area contributed by atoms with Gasteiger partial charge < -0.3 is 4.90 Å². The Morgan fingerprint density at radius 3 is 2.73 bits per heavy atom. The number of hydrogen-bond acceptors (Lipinski definition) is 1. The van der Waals surface area contributed by atoms with Crippen LogP contribution in [0.25, 0.3) is 0 Å². The monoisotopic (exact) mass is 153 g/mol. The fourth-order valence-electron chi connectivity index (χ4n) is 1.63. The molecule has 62 valence electrons. The molecule has 1 rings (SSSR count). The molecule has 0 aromatic rings. The van der Waals surface area contributed by atoms with Gasteiger partial charge in [0.2, 0.25) is 5.91 Å². The Bertz CT molecular complexity index is 174. The maximum Gasteiger partial charge on any atom is 0.223 e. The summed E-state index contributed by atoms with van der Waals surface area (Å²) in [4.78, 5) is 13.2. The summed E-state index contributed by atoms with van der Waals surface area (Å²) in [6.45, 7) is 7.80. The van der Waals surface area contributed by atoms with Gasteiger partial charge in [-0.05, 0) is 20.3 Å². The van der Waals surface area contributed by atoms with Gasteiger partial charge in [-0.25, -0.2) is 0 Å². The van der Waals surface area contributed by atoms with E-state index in [9.17, 15) is 4.79 Å². The highest BCUT2D eigenvalue weighted by Gasteiger charge is 2.30. The summed E-state index contributed by atoms with van der Waals surface area (Å²) in [5, 5.41) is 0. The summed E-state index contributed by atoms with van der Waals surface area (Å²) >= 11 is 0. The van der Waals surface area contributed by atoms with E-state index < -0.39 is 0 Å². The Morgan fingerprint density at radius 1 is 1.73 bits per heavy atom. The largest absolute Gasteiger partial charge is 0.334 e. The maximum absolute atomic E-state index is 11.3. The van der Waals surface area contributed by atoms with E-state index in [1.807, 2.05) is 24.8 Å². The number of likely N-dealkylation sites (tertiary alicyclic amines) is 1. The minimum Gasteiger partial charge on any atom is -0.334 e. The molecule has 2 heteroatoms. The van der Waals surface area contributed by atoms with E-state index in [4.69, 9.17) is 0 Å². The van der Waals surface area contributed by atoms with Gasteiger partial charge in [-0.2, -0.15) is 0 Å². The predicted molar refractivity (Wildman–Crippen MR) is 45.2 cm³/mol. The standard InChI is InChI=1S/C9H15NO/c1-4-8-5-6-9(11)10(8)7(2)3/h4,7-8H,1,5-6H2,2-3H3/t8-/m1/s1. The summed E-state index contributed by atoms with van der Waals surface area (Å²) in [6.07, 6.45) is 3.50. The van der Waals surface area contributed by atoms with Crippen LogP contribution in [0.2, 0.25) is 0 Å². The second kappa shape index (κ2) is 3.07. The zero-order valence-electron chi connectivity index (χ0n) is 7.21. The van der Waals surface area contributed by atoms with Gasteiger partial charge in [0.05, 0.1) is 6.04 Å². The molecule has 2 nitrogen and oxygen atoms in total. The average Bonchev–Trinajstić information content (AvgIpc) is 2.30. The maximum atomic E-state index is 11.3. The first-order valence-electron chi connectivity index (χ1n) is 4.10. The molecule has 0 N–H and O–H groups in total. The van der Waals surface area contributed by atoms with Crippen LogP contribution in [0.1, 0.15) is 26.7 Å². The lowest BCUT2D eigenvalue weighted by atomic mass is 10.2. The Labute approximate surface area is 67.9 Å². The van der Waals surface area contributed by atoms with Crippen LogP contribution in [0.15, 0.2) is 12.7 Å². The fraction of sp³-hybridized carbons (Fsp3) is 0.667. The van der Waals surface area contributed by atoms with E-state index in [-0.39, 0.29) is 11.9 Å². The number of carbonyl (C=O) groups excluding carboxylic acids is 1. The van der Waals surface area contributed by atoms with Gasteiger partial charge in [0.15, 0.2) is 0 Å². The summed E-state index contributed by atoms with van der Waals surface area (Å²) in [6, 6.07) is 0.593. The van der Waals surface area contributed by atoms with Crippen LogP contribution in [0.4, 0.5) is 0 Å². The Hall–Kier alpha value is -0.790. The number of amides is 1. The highest BCUT2D eigenvalue weighted by atomic mass is 16.2. The lowest BCUT2D eigenvalue weighted by Crippen LogP contribution is -2.37. The minimum atomic E-state index is 0.268. The molecule has 0 bridgehead atoms. The number of rotatable bonds is 2. The Kier molecular flexibility index (Phi) is 2.32. The van der Waals surface area contributed by atoms with Crippen LogP contribution in [0.3, 0.4) is 0 Å². The molecule has 1 aliphatic rings. The van der Waals surface area contributed by atoms with Gasteiger partial charge in [0.25, 0.3) is 0 Å². The molecule has 1 fully saturated rings. The van der Waals surface area contributed by atoms with Crippen molar-refractivity contribution in [2.45, 2.75) is 38.8 Å². The van der Waals surface area contributed by atoms with Crippen LogP contribution in [-0.2, 0) is 4.79 Å². The quantitative estimate of drug-likeness (QED) is 0.551. The van der Waals surface area contributed by atoms with E-state index >= 15 is 0 Å². The lowest BCUT2D eigenvalue weighted by Gasteiger charge is -2.26.